The van der Waals surface area contributed by atoms with Crippen molar-refractivity contribution in [3.63, 3.8) is 0 Å². The van der Waals surface area contributed by atoms with E-state index in [0.717, 1.165) is 30.6 Å². The Bertz CT molecular complexity index is 271. The third kappa shape index (κ3) is 1.53. The van der Waals surface area contributed by atoms with Gasteiger partial charge in [-0.05, 0) is 30.8 Å². The maximum absolute atomic E-state index is 11.3. The fraction of sp³-hybridized carbons (Fsp3) is 0.625. The molecule has 0 bridgehead atoms. The van der Waals surface area contributed by atoms with Crippen molar-refractivity contribution in [1.29, 1.82) is 0 Å². The van der Waals surface area contributed by atoms with Gasteiger partial charge < -0.3 is 0 Å². The number of nitrogens with zero attached hydrogens (tertiary/aromatic N) is 2. The minimum absolute atomic E-state index is 0.257. The summed E-state index contributed by atoms with van der Waals surface area (Å²) in [7, 11) is 0. The van der Waals surface area contributed by atoms with Gasteiger partial charge >= 0.3 is 0 Å². The molecule has 4 heteroatoms. The average Bonchev–Trinajstić information content (AvgIpc) is 2.65. The molecule has 64 valence electrons. The topological polar surface area (TPSA) is 42.9 Å². The molecule has 0 aliphatic heterocycles. The first-order valence-corrected chi connectivity index (χ1v) is 4.92. The van der Waals surface area contributed by atoms with Crippen molar-refractivity contribution in [2.24, 2.45) is 5.92 Å². The van der Waals surface area contributed by atoms with Gasteiger partial charge in [0.25, 0.3) is 0 Å². The quantitative estimate of drug-likeness (QED) is 0.695. The van der Waals surface area contributed by atoms with Gasteiger partial charge in [-0.3, -0.25) is 4.79 Å². The summed E-state index contributed by atoms with van der Waals surface area (Å²) < 4.78 is 3.77. The lowest BCUT2D eigenvalue weighted by Gasteiger charge is -2.02. The van der Waals surface area contributed by atoms with Gasteiger partial charge in [0, 0.05) is 17.2 Å². The molecule has 0 spiro atoms. The molecule has 1 aromatic rings. The van der Waals surface area contributed by atoms with Crippen LogP contribution in [0.4, 0.5) is 0 Å². The van der Waals surface area contributed by atoms with Crippen molar-refractivity contribution in [2.45, 2.75) is 25.7 Å². The molecule has 1 aromatic heterocycles. The number of carbonyl (C=O) groups excluding carboxylic acids is 1. The summed E-state index contributed by atoms with van der Waals surface area (Å²) in [4.78, 5) is 12.4. The molecule has 12 heavy (non-hydrogen) atoms. The molecule has 0 aromatic carbocycles. The molecule has 0 radical (unpaired) electrons. The molecule has 1 saturated carbocycles. The van der Waals surface area contributed by atoms with Gasteiger partial charge in [-0.2, -0.15) is 0 Å². The Labute approximate surface area is 75.0 Å². The van der Waals surface area contributed by atoms with Crippen LogP contribution >= 0.6 is 11.5 Å². The highest BCUT2D eigenvalue weighted by Gasteiger charge is 2.24. The molecular formula is C8H10N2OS. The van der Waals surface area contributed by atoms with E-state index in [1.807, 2.05) is 0 Å². The number of Topliss-reactive ketones (excluding diaryl/α,β-unsaturated/α-hetero) is 1. The summed E-state index contributed by atoms with van der Waals surface area (Å²) >= 11 is 1.40. The van der Waals surface area contributed by atoms with E-state index in [4.69, 9.17) is 0 Å². The Kier molecular flexibility index (Phi) is 2.17. The molecule has 1 unspecified atom stereocenters. The third-order valence-corrected chi connectivity index (χ3v) is 2.97. The Morgan fingerprint density at radius 3 is 3.17 bits per heavy atom. The van der Waals surface area contributed by atoms with E-state index >= 15 is 0 Å². The van der Waals surface area contributed by atoms with E-state index < -0.39 is 0 Å². The highest BCUT2D eigenvalue weighted by atomic mass is 32.1. The number of ketones is 1. The van der Waals surface area contributed by atoms with Gasteiger partial charge in [-0.15, -0.1) is 5.10 Å². The first-order chi connectivity index (χ1) is 5.86. The van der Waals surface area contributed by atoms with Crippen molar-refractivity contribution in [3.05, 3.63) is 11.1 Å². The molecule has 1 aliphatic rings. The molecule has 0 saturated heterocycles. The SMILES string of the molecule is O=C1CCCC1Cc1cnns1. The van der Waals surface area contributed by atoms with Crippen LogP contribution < -0.4 is 0 Å². The van der Waals surface area contributed by atoms with Crippen molar-refractivity contribution in [3.8, 4) is 0 Å². The van der Waals surface area contributed by atoms with Crippen LogP contribution in [0, 0.1) is 5.92 Å². The number of rotatable bonds is 2. The van der Waals surface area contributed by atoms with Gasteiger partial charge in [-0.25, -0.2) is 0 Å². The number of hydrogen-bond acceptors (Lipinski definition) is 4. The predicted octanol–water partition coefficient (Wildman–Crippen LogP) is 1.45. The highest BCUT2D eigenvalue weighted by Crippen LogP contribution is 2.25. The largest absolute Gasteiger partial charge is 0.299 e. The van der Waals surface area contributed by atoms with E-state index in [1.165, 1.54) is 11.5 Å². The Balaban J connectivity index is 1.99. The second-order valence-corrected chi connectivity index (χ2v) is 4.01. The van der Waals surface area contributed by atoms with E-state index in [9.17, 15) is 4.79 Å². The zero-order valence-corrected chi connectivity index (χ0v) is 7.51. The molecule has 1 aliphatic carbocycles. The minimum atomic E-state index is 0.257. The summed E-state index contributed by atoms with van der Waals surface area (Å²) in [6.45, 7) is 0. The lowest BCUT2D eigenvalue weighted by Crippen LogP contribution is -2.08. The van der Waals surface area contributed by atoms with E-state index in [-0.39, 0.29) is 5.92 Å². The lowest BCUT2D eigenvalue weighted by atomic mass is 10.0. The average molecular weight is 182 g/mol. The van der Waals surface area contributed by atoms with Crippen molar-refractivity contribution in [2.75, 3.05) is 0 Å². The van der Waals surface area contributed by atoms with Gasteiger partial charge in [0.15, 0.2) is 0 Å². The molecular weight excluding hydrogens is 172 g/mol. The summed E-state index contributed by atoms with van der Waals surface area (Å²) in [6.07, 6.45) is 5.51. The molecule has 1 fully saturated rings. The van der Waals surface area contributed by atoms with Crippen molar-refractivity contribution in [1.82, 2.24) is 9.59 Å². The van der Waals surface area contributed by atoms with Crippen LogP contribution in [0.3, 0.4) is 0 Å². The predicted molar refractivity (Wildman–Crippen MR) is 46.0 cm³/mol. The first-order valence-electron chi connectivity index (χ1n) is 4.15. The Hall–Kier alpha value is -0.770. The summed E-state index contributed by atoms with van der Waals surface area (Å²) in [5.74, 6) is 0.677. The van der Waals surface area contributed by atoms with Crippen LogP contribution in [-0.4, -0.2) is 15.4 Å². The van der Waals surface area contributed by atoms with Gasteiger partial charge in [0.1, 0.15) is 5.78 Å². The lowest BCUT2D eigenvalue weighted by molar-refractivity contribution is -0.120. The second-order valence-electron chi connectivity index (χ2n) is 3.14. The molecule has 2 rings (SSSR count). The van der Waals surface area contributed by atoms with Crippen LogP contribution in [0.1, 0.15) is 24.1 Å². The monoisotopic (exact) mass is 182 g/mol. The summed E-state index contributed by atoms with van der Waals surface area (Å²) in [5, 5.41) is 3.75. The maximum Gasteiger partial charge on any atom is 0.136 e. The van der Waals surface area contributed by atoms with Crippen LogP contribution in [-0.2, 0) is 11.2 Å². The van der Waals surface area contributed by atoms with Crippen LogP contribution in [0.2, 0.25) is 0 Å². The van der Waals surface area contributed by atoms with Crippen LogP contribution in [0.25, 0.3) is 0 Å². The standard InChI is InChI=1S/C8H10N2OS/c11-8-3-1-2-6(8)4-7-5-9-10-12-7/h5-6H,1-4H2. The van der Waals surface area contributed by atoms with Crippen LogP contribution in [0.5, 0.6) is 0 Å². The molecule has 0 N–H and O–H groups in total. The van der Waals surface area contributed by atoms with E-state index in [0.29, 0.717) is 5.78 Å². The number of hydrogen-bond donors (Lipinski definition) is 0. The van der Waals surface area contributed by atoms with Crippen LogP contribution in [0.15, 0.2) is 6.20 Å². The normalized spacial score (nSPS) is 23.3. The second kappa shape index (κ2) is 3.31. The van der Waals surface area contributed by atoms with Gasteiger partial charge in [0.2, 0.25) is 0 Å². The smallest absolute Gasteiger partial charge is 0.136 e. The highest BCUT2D eigenvalue weighted by molar-refractivity contribution is 7.05. The zero-order valence-electron chi connectivity index (χ0n) is 6.69. The summed E-state index contributed by atoms with van der Waals surface area (Å²) in [5.41, 5.74) is 0. The molecule has 3 nitrogen and oxygen atoms in total. The molecule has 1 atom stereocenters. The third-order valence-electron chi connectivity index (χ3n) is 2.29. The first kappa shape index (κ1) is 7.86. The molecule has 1 heterocycles. The Morgan fingerprint density at radius 2 is 2.58 bits per heavy atom. The fourth-order valence-corrected chi connectivity index (χ4v) is 2.19. The van der Waals surface area contributed by atoms with Crippen molar-refractivity contribution >= 4 is 17.3 Å². The maximum atomic E-state index is 11.3. The number of aromatic nitrogens is 2. The number of carbonyl (C=O) groups is 1. The minimum Gasteiger partial charge on any atom is -0.299 e. The van der Waals surface area contributed by atoms with Crippen molar-refractivity contribution < 1.29 is 4.79 Å². The summed E-state index contributed by atoms with van der Waals surface area (Å²) in [6, 6.07) is 0. The molecule has 0 amide bonds. The fourth-order valence-electron chi connectivity index (χ4n) is 1.62. The van der Waals surface area contributed by atoms with E-state index in [2.05, 4.69) is 9.59 Å². The van der Waals surface area contributed by atoms with E-state index in [1.54, 1.807) is 6.20 Å². The van der Waals surface area contributed by atoms with Gasteiger partial charge in [0.05, 0.1) is 6.20 Å². The van der Waals surface area contributed by atoms with Gasteiger partial charge in [-0.1, -0.05) is 4.49 Å². The zero-order chi connectivity index (χ0) is 8.39. The Morgan fingerprint density at radius 1 is 1.67 bits per heavy atom.